The van der Waals surface area contributed by atoms with Gasteiger partial charge in [0.05, 0.1) is 24.6 Å². The Morgan fingerprint density at radius 2 is 2.27 bits per heavy atom. The normalized spacial score (nSPS) is 17.2. The van der Waals surface area contributed by atoms with Crippen LogP contribution < -0.4 is 21.1 Å². The number of nitrogens with one attached hydrogen (secondary N) is 2. The molecule has 3 rings (SSSR count). The molecule has 0 spiro atoms. The SMILES string of the molecule is Cn1cnc(NC(=O)NCC[C@H]2CN(c3cnn(C)c(=O)c3)CCO2)n1. The molecule has 2 amide bonds. The topological polar surface area (TPSA) is 119 Å². The van der Waals surface area contributed by atoms with E-state index >= 15 is 0 Å². The highest BCUT2D eigenvalue weighted by Gasteiger charge is 2.21. The number of hydrogen-bond donors (Lipinski definition) is 2. The molecule has 1 aliphatic rings. The molecule has 3 heterocycles. The number of hydrogen-bond acceptors (Lipinski definition) is 7. The minimum Gasteiger partial charge on any atom is -0.374 e. The first-order valence-electron chi connectivity index (χ1n) is 8.31. The Morgan fingerprint density at radius 3 is 3.00 bits per heavy atom. The standard InChI is InChI=1S/C15H22N8O3/c1-21-10-17-14(20-21)19-15(25)16-4-3-12-9-23(5-6-26-12)11-7-13(24)22(2)18-8-11/h7-8,10,12H,3-6,9H2,1-2H3,(H2,16,19,20,25)/t12-/m0/s1. The second-order valence-corrected chi connectivity index (χ2v) is 6.03. The van der Waals surface area contributed by atoms with Gasteiger partial charge in [0.1, 0.15) is 6.33 Å². The van der Waals surface area contributed by atoms with Crippen LogP contribution in [0.25, 0.3) is 0 Å². The van der Waals surface area contributed by atoms with Crippen LogP contribution in [0.3, 0.4) is 0 Å². The summed E-state index contributed by atoms with van der Waals surface area (Å²) in [7, 11) is 3.34. The van der Waals surface area contributed by atoms with Crippen molar-refractivity contribution in [2.24, 2.45) is 14.1 Å². The molecular weight excluding hydrogens is 340 g/mol. The Kier molecular flexibility index (Phi) is 5.46. The van der Waals surface area contributed by atoms with E-state index < -0.39 is 0 Å². The summed E-state index contributed by atoms with van der Waals surface area (Å²) in [6.45, 7) is 2.35. The molecule has 0 radical (unpaired) electrons. The molecule has 1 fully saturated rings. The molecule has 0 bridgehead atoms. The van der Waals surface area contributed by atoms with E-state index in [1.54, 1.807) is 26.4 Å². The number of morpholine rings is 1. The zero-order valence-electron chi connectivity index (χ0n) is 14.8. The molecule has 140 valence electrons. The van der Waals surface area contributed by atoms with Crippen molar-refractivity contribution in [2.75, 3.05) is 36.5 Å². The fraction of sp³-hybridized carbons (Fsp3) is 0.533. The largest absolute Gasteiger partial charge is 0.374 e. The van der Waals surface area contributed by atoms with Gasteiger partial charge >= 0.3 is 6.03 Å². The minimum atomic E-state index is -0.361. The average Bonchev–Trinajstić information content (AvgIpc) is 3.02. The van der Waals surface area contributed by atoms with E-state index in [2.05, 4.69) is 30.7 Å². The van der Waals surface area contributed by atoms with Gasteiger partial charge in [0.25, 0.3) is 5.56 Å². The third kappa shape index (κ3) is 4.57. The van der Waals surface area contributed by atoms with Gasteiger partial charge < -0.3 is 15.0 Å². The van der Waals surface area contributed by atoms with E-state index in [9.17, 15) is 9.59 Å². The fourth-order valence-electron chi connectivity index (χ4n) is 2.65. The van der Waals surface area contributed by atoms with Crippen LogP contribution in [0.15, 0.2) is 23.4 Å². The maximum atomic E-state index is 11.8. The van der Waals surface area contributed by atoms with Crippen LogP contribution in [-0.2, 0) is 18.8 Å². The van der Waals surface area contributed by atoms with Gasteiger partial charge in [-0.05, 0) is 6.42 Å². The number of aromatic nitrogens is 5. The number of carbonyl (C=O) groups excluding carboxylic acids is 1. The van der Waals surface area contributed by atoms with Crippen molar-refractivity contribution >= 4 is 17.7 Å². The van der Waals surface area contributed by atoms with Crippen LogP contribution >= 0.6 is 0 Å². The number of aryl methyl sites for hydroxylation is 2. The van der Waals surface area contributed by atoms with E-state index in [-0.39, 0.29) is 23.6 Å². The first kappa shape index (κ1) is 17.9. The molecule has 11 nitrogen and oxygen atoms in total. The lowest BCUT2D eigenvalue weighted by Gasteiger charge is -2.34. The zero-order chi connectivity index (χ0) is 18.5. The molecule has 2 N–H and O–H groups in total. The molecule has 2 aromatic heterocycles. The van der Waals surface area contributed by atoms with E-state index in [0.29, 0.717) is 32.7 Å². The third-order valence-electron chi connectivity index (χ3n) is 4.03. The van der Waals surface area contributed by atoms with Gasteiger partial charge in [0.2, 0.25) is 5.95 Å². The molecule has 0 aliphatic carbocycles. The molecule has 1 atom stereocenters. The lowest BCUT2D eigenvalue weighted by molar-refractivity contribution is 0.0359. The number of nitrogens with zero attached hydrogens (tertiary/aromatic N) is 6. The summed E-state index contributed by atoms with van der Waals surface area (Å²) in [5, 5.41) is 13.3. The van der Waals surface area contributed by atoms with Crippen LogP contribution in [0.5, 0.6) is 0 Å². The summed E-state index contributed by atoms with van der Waals surface area (Å²) >= 11 is 0. The highest BCUT2D eigenvalue weighted by Crippen LogP contribution is 2.16. The summed E-state index contributed by atoms with van der Waals surface area (Å²) in [5.74, 6) is 0.253. The van der Waals surface area contributed by atoms with Crippen molar-refractivity contribution in [3.05, 3.63) is 28.9 Å². The molecular formula is C15H22N8O3. The van der Waals surface area contributed by atoms with Crippen LogP contribution in [-0.4, -0.2) is 62.9 Å². The minimum absolute atomic E-state index is 0.0407. The molecule has 11 heteroatoms. The Balaban J connectivity index is 1.45. The number of urea groups is 1. The molecule has 0 saturated carbocycles. The van der Waals surface area contributed by atoms with Crippen LogP contribution in [0.4, 0.5) is 16.4 Å². The number of ether oxygens (including phenoxy) is 1. The molecule has 1 aliphatic heterocycles. The van der Waals surface area contributed by atoms with Crippen molar-refractivity contribution in [1.82, 2.24) is 29.9 Å². The second kappa shape index (κ2) is 7.95. The summed E-state index contributed by atoms with van der Waals surface area (Å²) in [5.41, 5.74) is 0.639. The first-order valence-corrected chi connectivity index (χ1v) is 8.31. The smallest absolute Gasteiger partial charge is 0.321 e. The van der Waals surface area contributed by atoms with Gasteiger partial charge in [0.15, 0.2) is 0 Å². The molecule has 26 heavy (non-hydrogen) atoms. The Hall–Kier alpha value is -2.95. The van der Waals surface area contributed by atoms with Gasteiger partial charge in [-0.2, -0.15) is 5.10 Å². The second-order valence-electron chi connectivity index (χ2n) is 6.03. The summed E-state index contributed by atoms with van der Waals surface area (Å²) < 4.78 is 8.54. The van der Waals surface area contributed by atoms with Gasteiger partial charge in [-0.15, -0.1) is 5.10 Å². The molecule has 0 aromatic carbocycles. The maximum Gasteiger partial charge on any atom is 0.321 e. The number of anilines is 2. The summed E-state index contributed by atoms with van der Waals surface area (Å²) in [4.78, 5) is 29.5. The van der Waals surface area contributed by atoms with Crippen molar-refractivity contribution in [2.45, 2.75) is 12.5 Å². The molecule has 1 saturated heterocycles. The number of rotatable bonds is 5. The number of amides is 2. The quantitative estimate of drug-likeness (QED) is 0.724. The van der Waals surface area contributed by atoms with E-state index in [4.69, 9.17) is 4.74 Å². The lowest BCUT2D eigenvalue weighted by Crippen LogP contribution is -2.44. The monoisotopic (exact) mass is 362 g/mol. The van der Waals surface area contributed by atoms with Crippen LogP contribution in [0.2, 0.25) is 0 Å². The predicted octanol–water partition coefficient (Wildman–Crippen LogP) is -0.674. The average molecular weight is 362 g/mol. The van der Waals surface area contributed by atoms with E-state index in [1.165, 1.54) is 15.7 Å². The van der Waals surface area contributed by atoms with Gasteiger partial charge in [-0.1, -0.05) is 0 Å². The summed E-state index contributed by atoms with van der Waals surface area (Å²) in [6, 6.07) is 1.21. The fourth-order valence-corrected chi connectivity index (χ4v) is 2.65. The highest BCUT2D eigenvalue weighted by atomic mass is 16.5. The summed E-state index contributed by atoms with van der Waals surface area (Å²) in [6.07, 6.45) is 3.79. The van der Waals surface area contributed by atoms with Gasteiger partial charge in [-0.25, -0.2) is 14.5 Å². The van der Waals surface area contributed by atoms with Crippen LogP contribution in [0, 0.1) is 0 Å². The zero-order valence-corrected chi connectivity index (χ0v) is 14.8. The van der Waals surface area contributed by atoms with E-state index in [1.807, 2.05) is 0 Å². The van der Waals surface area contributed by atoms with Gasteiger partial charge in [-0.3, -0.25) is 14.8 Å². The number of carbonyl (C=O) groups is 1. The molecule has 2 aromatic rings. The van der Waals surface area contributed by atoms with Crippen molar-refractivity contribution < 1.29 is 9.53 Å². The third-order valence-corrected chi connectivity index (χ3v) is 4.03. The van der Waals surface area contributed by atoms with E-state index in [0.717, 1.165) is 5.69 Å². The first-order chi connectivity index (χ1) is 12.5. The van der Waals surface area contributed by atoms with Crippen molar-refractivity contribution in [3.63, 3.8) is 0 Å². The maximum absolute atomic E-state index is 11.8. The van der Waals surface area contributed by atoms with Gasteiger partial charge in [0, 0.05) is 39.8 Å². The Morgan fingerprint density at radius 1 is 1.42 bits per heavy atom. The van der Waals surface area contributed by atoms with Crippen molar-refractivity contribution in [3.8, 4) is 0 Å². The van der Waals surface area contributed by atoms with Crippen LogP contribution in [0.1, 0.15) is 6.42 Å². The molecule has 0 unspecified atom stereocenters. The predicted molar refractivity (Wildman–Crippen MR) is 94.1 cm³/mol. The Labute approximate surface area is 150 Å². The highest BCUT2D eigenvalue weighted by molar-refractivity contribution is 5.87. The van der Waals surface area contributed by atoms with Crippen molar-refractivity contribution in [1.29, 1.82) is 0 Å². The lowest BCUT2D eigenvalue weighted by atomic mass is 10.2. The Bertz CT molecular complexity index is 817.